The van der Waals surface area contributed by atoms with Crippen LogP contribution in [-0.4, -0.2) is 6.18 Å². The Bertz CT molecular complexity index is 376. The Morgan fingerprint density at radius 2 is 2.07 bits per heavy atom. The van der Waals surface area contributed by atoms with E-state index in [0.717, 1.165) is 5.56 Å². The summed E-state index contributed by atoms with van der Waals surface area (Å²) in [5.74, 6) is -1.11. The van der Waals surface area contributed by atoms with Gasteiger partial charge in [-0.05, 0) is 12.5 Å². The molecule has 0 spiro atoms. The fraction of sp³-hybridized carbons (Fsp3) is 0.364. The third kappa shape index (κ3) is 3.62. The zero-order valence-corrected chi connectivity index (χ0v) is 8.17. The van der Waals surface area contributed by atoms with Crippen LogP contribution in [0.15, 0.2) is 24.3 Å². The molecule has 0 N–H and O–H groups in total. The molecule has 0 saturated heterocycles. The summed E-state index contributed by atoms with van der Waals surface area (Å²) in [6.07, 6.45) is -5.39. The minimum absolute atomic E-state index is 0.426. The number of nitriles is 1. The van der Waals surface area contributed by atoms with Crippen molar-refractivity contribution in [2.45, 2.75) is 25.4 Å². The Morgan fingerprint density at radius 1 is 1.40 bits per heavy atom. The monoisotopic (exact) mass is 213 g/mol. The summed E-state index contributed by atoms with van der Waals surface area (Å²) in [5, 5.41) is 8.68. The van der Waals surface area contributed by atoms with Crippen molar-refractivity contribution in [1.82, 2.24) is 0 Å². The summed E-state index contributed by atoms with van der Waals surface area (Å²) in [4.78, 5) is 0. The van der Waals surface area contributed by atoms with Crippen LogP contribution in [-0.2, 0) is 0 Å². The molecule has 0 fully saturated rings. The van der Waals surface area contributed by atoms with Crippen molar-refractivity contribution >= 4 is 0 Å². The van der Waals surface area contributed by atoms with Crippen LogP contribution in [0, 0.1) is 18.3 Å². The van der Waals surface area contributed by atoms with Gasteiger partial charge in [0.05, 0.1) is 18.4 Å². The van der Waals surface area contributed by atoms with Gasteiger partial charge >= 0.3 is 6.18 Å². The number of aryl methyl sites for hydroxylation is 1. The van der Waals surface area contributed by atoms with E-state index in [4.69, 9.17) is 5.26 Å². The zero-order chi connectivity index (χ0) is 11.5. The number of benzene rings is 1. The predicted octanol–water partition coefficient (Wildman–Crippen LogP) is 3.55. The van der Waals surface area contributed by atoms with Crippen LogP contribution in [0.1, 0.15) is 23.5 Å². The smallest absolute Gasteiger partial charge is 0.198 e. The van der Waals surface area contributed by atoms with Crippen LogP contribution in [0.2, 0.25) is 0 Å². The number of halogens is 3. The molecule has 1 aromatic carbocycles. The quantitative estimate of drug-likeness (QED) is 0.736. The van der Waals surface area contributed by atoms with Crippen molar-refractivity contribution in [1.29, 1.82) is 5.26 Å². The highest BCUT2D eigenvalue weighted by Gasteiger charge is 2.32. The SMILES string of the molecule is Cc1cccc([C@H](C#N)CC(F)(F)F)c1. The summed E-state index contributed by atoms with van der Waals surface area (Å²) >= 11 is 0. The lowest BCUT2D eigenvalue weighted by Gasteiger charge is -2.12. The predicted molar refractivity (Wildman–Crippen MR) is 50.2 cm³/mol. The molecule has 80 valence electrons. The summed E-state index contributed by atoms with van der Waals surface area (Å²) < 4.78 is 36.4. The Morgan fingerprint density at radius 3 is 2.53 bits per heavy atom. The number of rotatable bonds is 2. The lowest BCUT2D eigenvalue weighted by Crippen LogP contribution is -2.12. The fourth-order valence-electron chi connectivity index (χ4n) is 1.36. The molecule has 0 bridgehead atoms. The number of nitrogens with zero attached hydrogens (tertiary/aromatic N) is 1. The van der Waals surface area contributed by atoms with Crippen molar-refractivity contribution in [2.75, 3.05) is 0 Å². The van der Waals surface area contributed by atoms with E-state index in [1.165, 1.54) is 0 Å². The van der Waals surface area contributed by atoms with Gasteiger partial charge in [0.2, 0.25) is 0 Å². The first-order valence-electron chi connectivity index (χ1n) is 4.45. The molecule has 0 aliphatic heterocycles. The Hall–Kier alpha value is -1.50. The average molecular weight is 213 g/mol. The summed E-state index contributed by atoms with van der Waals surface area (Å²) in [7, 11) is 0. The molecule has 0 heterocycles. The van der Waals surface area contributed by atoms with Crippen molar-refractivity contribution in [3.63, 3.8) is 0 Å². The fourth-order valence-corrected chi connectivity index (χ4v) is 1.36. The third-order valence-electron chi connectivity index (χ3n) is 2.04. The van der Waals surface area contributed by atoms with Gasteiger partial charge in [-0.3, -0.25) is 0 Å². The van der Waals surface area contributed by atoms with Gasteiger partial charge in [-0.2, -0.15) is 18.4 Å². The number of hydrogen-bond donors (Lipinski definition) is 0. The van der Waals surface area contributed by atoms with Crippen molar-refractivity contribution in [2.24, 2.45) is 0 Å². The zero-order valence-electron chi connectivity index (χ0n) is 8.17. The van der Waals surface area contributed by atoms with E-state index in [0.29, 0.717) is 5.56 Å². The maximum atomic E-state index is 12.1. The topological polar surface area (TPSA) is 23.8 Å². The van der Waals surface area contributed by atoms with E-state index in [1.807, 2.05) is 0 Å². The molecule has 1 nitrogen and oxygen atoms in total. The first-order valence-corrected chi connectivity index (χ1v) is 4.45. The van der Waals surface area contributed by atoms with Crippen LogP contribution in [0.25, 0.3) is 0 Å². The first-order chi connectivity index (χ1) is 6.92. The van der Waals surface area contributed by atoms with Crippen LogP contribution < -0.4 is 0 Å². The number of hydrogen-bond acceptors (Lipinski definition) is 1. The van der Waals surface area contributed by atoms with Gasteiger partial charge in [-0.25, -0.2) is 0 Å². The van der Waals surface area contributed by atoms with E-state index in [2.05, 4.69) is 0 Å². The molecular weight excluding hydrogens is 203 g/mol. The normalized spacial score (nSPS) is 13.3. The second kappa shape index (κ2) is 4.35. The molecule has 0 aliphatic carbocycles. The molecule has 15 heavy (non-hydrogen) atoms. The van der Waals surface area contributed by atoms with Crippen LogP contribution in [0.4, 0.5) is 13.2 Å². The largest absolute Gasteiger partial charge is 0.390 e. The molecule has 0 amide bonds. The minimum Gasteiger partial charge on any atom is -0.198 e. The van der Waals surface area contributed by atoms with Gasteiger partial charge in [-0.15, -0.1) is 0 Å². The highest BCUT2D eigenvalue weighted by Crippen LogP contribution is 2.30. The molecule has 0 aromatic heterocycles. The maximum Gasteiger partial charge on any atom is 0.390 e. The van der Waals surface area contributed by atoms with Gasteiger partial charge in [-0.1, -0.05) is 29.8 Å². The van der Waals surface area contributed by atoms with Crippen molar-refractivity contribution in [3.05, 3.63) is 35.4 Å². The minimum atomic E-state index is -4.30. The van der Waals surface area contributed by atoms with Crippen molar-refractivity contribution < 1.29 is 13.2 Å². The summed E-state index contributed by atoms with van der Waals surface area (Å²) in [5.41, 5.74) is 1.28. The summed E-state index contributed by atoms with van der Waals surface area (Å²) in [6, 6.07) is 8.28. The Balaban J connectivity index is 2.90. The van der Waals surface area contributed by atoms with E-state index in [1.54, 1.807) is 37.3 Å². The van der Waals surface area contributed by atoms with Crippen LogP contribution >= 0.6 is 0 Å². The lowest BCUT2D eigenvalue weighted by atomic mass is 9.96. The van der Waals surface area contributed by atoms with E-state index in [-0.39, 0.29) is 0 Å². The average Bonchev–Trinajstić information content (AvgIpc) is 2.13. The van der Waals surface area contributed by atoms with Gasteiger partial charge in [0, 0.05) is 0 Å². The second-order valence-electron chi connectivity index (χ2n) is 3.42. The van der Waals surface area contributed by atoms with Gasteiger partial charge < -0.3 is 0 Å². The van der Waals surface area contributed by atoms with Gasteiger partial charge in [0.1, 0.15) is 0 Å². The highest BCUT2D eigenvalue weighted by atomic mass is 19.4. The number of alkyl halides is 3. The van der Waals surface area contributed by atoms with Gasteiger partial charge in [0.25, 0.3) is 0 Å². The van der Waals surface area contributed by atoms with Crippen molar-refractivity contribution in [3.8, 4) is 6.07 Å². The molecule has 1 rings (SSSR count). The molecule has 1 aromatic rings. The second-order valence-corrected chi connectivity index (χ2v) is 3.42. The Labute approximate surface area is 86.1 Å². The lowest BCUT2D eigenvalue weighted by molar-refractivity contribution is -0.136. The highest BCUT2D eigenvalue weighted by molar-refractivity contribution is 5.29. The molecule has 0 aliphatic rings. The molecule has 1 atom stereocenters. The van der Waals surface area contributed by atoms with Crippen LogP contribution in [0.3, 0.4) is 0 Å². The Kier molecular flexibility index (Phi) is 3.35. The maximum absolute atomic E-state index is 12.1. The van der Waals surface area contributed by atoms with Gasteiger partial charge in [0.15, 0.2) is 0 Å². The first kappa shape index (κ1) is 11.6. The van der Waals surface area contributed by atoms with Crippen LogP contribution in [0.5, 0.6) is 0 Å². The molecule has 0 radical (unpaired) electrons. The summed E-state index contributed by atoms with van der Waals surface area (Å²) in [6.45, 7) is 1.78. The molecular formula is C11H10F3N. The van der Waals surface area contributed by atoms with E-state index >= 15 is 0 Å². The standard InChI is InChI=1S/C11H10F3N/c1-8-3-2-4-9(5-8)10(7-15)6-11(12,13)14/h2-5,10H,6H2,1H3/t10-/m0/s1. The van der Waals surface area contributed by atoms with E-state index in [9.17, 15) is 13.2 Å². The molecule has 0 saturated carbocycles. The van der Waals surface area contributed by atoms with E-state index < -0.39 is 18.5 Å². The molecule has 0 unspecified atom stereocenters. The third-order valence-corrected chi connectivity index (χ3v) is 2.04. The molecule has 4 heteroatoms.